The number of piperidine rings is 1. The van der Waals surface area contributed by atoms with E-state index in [0.29, 0.717) is 37.1 Å². The van der Waals surface area contributed by atoms with Gasteiger partial charge >= 0.3 is 0 Å². The van der Waals surface area contributed by atoms with Crippen molar-refractivity contribution in [2.75, 3.05) is 83.1 Å². The molecule has 0 aliphatic carbocycles. The average molecular weight is 1470 g/mol. The molecule has 0 unspecified atom stereocenters. The van der Waals surface area contributed by atoms with Crippen LogP contribution >= 0.6 is 0 Å². The number of aryl methyl sites for hydroxylation is 1. The number of ether oxygens (including phenoxy) is 1. The van der Waals surface area contributed by atoms with Gasteiger partial charge in [0.05, 0.1) is 31.7 Å². The highest BCUT2D eigenvalue weighted by molar-refractivity contribution is 6.01. The highest BCUT2D eigenvalue weighted by Crippen LogP contribution is 2.26. The number of hydrogen-bond donors (Lipinski definition) is 6. The highest BCUT2D eigenvalue weighted by atomic mass is 16.5. The first-order chi connectivity index (χ1) is 49.2. The normalized spacial score (nSPS) is 24.4. The Balaban J connectivity index is 2.01. The molecule has 28 nitrogen and oxygen atoms in total. The molecule has 0 bridgehead atoms. The number of nitrogens with zero attached hydrogens (tertiary/aromatic N) is 8. The van der Waals surface area contributed by atoms with Gasteiger partial charge in [-0.3, -0.25) is 62.3 Å². The Morgan fingerprint density at radius 2 is 0.990 bits per heavy atom. The van der Waals surface area contributed by atoms with Crippen molar-refractivity contribution in [2.45, 2.75) is 227 Å². The maximum Gasteiger partial charge on any atom is 0.254 e. The molecule has 6 N–H and O–H groups in total. The second-order valence-corrected chi connectivity index (χ2v) is 30.5. The number of aliphatic hydroxyl groups is 1. The number of carbonyl (C=O) groups excluding carboxylic acids is 13. The van der Waals surface area contributed by atoms with Crippen LogP contribution < -0.4 is 31.3 Å². The van der Waals surface area contributed by atoms with Crippen molar-refractivity contribution in [3.63, 3.8) is 0 Å². The first-order valence-electron chi connectivity index (χ1n) is 37.2. The molecule has 11 atom stereocenters. The summed E-state index contributed by atoms with van der Waals surface area (Å²) in [6.45, 7) is 21.1. The van der Waals surface area contributed by atoms with E-state index in [1.54, 1.807) is 74.2 Å². The lowest BCUT2D eigenvalue weighted by molar-refractivity contribution is -0.152. The molecule has 4 rings (SSSR count). The van der Waals surface area contributed by atoms with Crippen LogP contribution in [-0.4, -0.2) is 271 Å². The van der Waals surface area contributed by atoms with Gasteiger partial charge in [0.2, 0.25) is 70.9 Å². The molecule has 2 aliphatic rings. The standard InChI is InChI=1S/C77H123N13O15/c1-22-56-68(95)79-54(34-32-52-31-33-53(67(94)78-13)62(42-52)105-21)72(99)88(19)60(40-48(8)9)74(101)86(17)58(38-46(4)5)70(97)81-65(49(10)11)77(104)89(20)61(41-51-29-25-23-26-30-51)75(102)87(18)59(39-47(6)7)71(98)82-66(50(12)91)76(103)83(14)44-64(93)85(16)57(37-45(2)3)69(96)80-55(43-63(92)84(56)15)73(100)90-35-27-24-28-36-90/h23,25-26,29-31,33,42,45-50,54-61,65-66,91H,22,24,27-28,32,34-41,43-44H2,1-21H3,(H,78,94)(H,79,95)(H,80,96)(H,81,97)(H,82,98)/t50-,54-,55+,56+,57+,58+,59+,60+,61+,65+,66+/m1/s1. The summed E-state index contributed by atoms with van der Waals surface area (Å²) in [6.07, 6.45) is 0.162. The first-order valence-corrected chi connectivity index (χ1v) is 37.2. The van der Waals surface area contributed by atoms with E-state index in [1.807, 2.05) is 55.4 Å². The van der Waals surface area contributed by atoms with Crippen LogP contribution in [0, 0.1) is 29.6 Å². The van der Waals surface area contributed by atoms with Gasteiger partial charge in [-0.1, -0.05) is 113 Å². The van der Waals surface area contributed by atoms with E-state index in [1.165, 1.54) is 90.0 Å². The fraction of sp³-hybridized carbons (Fsp3) is 0.675. The van der Waals surface area contributed by atoms with Crippen molar-refractivity contribution in [1.29, 1.82) is 0 Å². The quantitative estimate of drug-likeness (QED) is 0.117. The van der Waals surface area contributed by atoms with Gasteiger partial charge < -0.3 is 75.6 Å². The molecule has 2 saturated heterocycles. The lowest BCUT2D eigenvalue weighted by Gasteiger charge is -2.39. The minimum atomic E-state index is -1.68. The zero-order chi connectivity index (χ0) is 79.2. The molecule has 0 radical (unpaired) electrons. The Hall–Kier alpha value is -8.69. The molecule has 2 heterocycles. The van der Waals surface area contributed by atoms with E-state index in [-0.39, 0.29) is 86.4 Å². The lowest BCUT2D eigenvalue weighted by Crippen LogP contribution is -2.62. The molecule has 2 aliphatic heterocycles. The number of rotatable bonds is 19. The van der Waals surface area contributed by atoms with E-state index in [4.69, 9.17) is 4.74 Å². The molecule has 0 aromatic heterocycles. The predicted octanol–water partition coefficient (Wildman–Crippen LogP) is 3.64. The second kappa shape index (κ2) is 41.3. The summed E-state index contributed by atoms with van der Waals surface area (Å²) in [5, 5.41) is 25.2. The third-order valence-electron chi connectivity index (χ3n) is 20.0. The Morgan fingerprint density at radius 1 is 0.524 bits per heavy atom. The van der Waals surface area contributed by atoms with Crippen molar-refractivity contribution >= 4 is 76.8 Å². The van der Waals surface area contributed by atoms with Crippen LogP contribution in [0.1, 0.15) is 169 Å². The molecule has 2 fully saturated rings. The number of nitrogens with one attached hydrogen (secondary N) is 5. The molecular weight excluding hydrogens is 1350 g/mol. The fourth-order valence-corrected chi connectivity index (χ4v) is 13.5. The number of likely N-dealkylation sites (tertiary alicyclic amines) is 1. The summed E-state index contributed by atoms with van der Waals surface area (Å²) >= 11 is 0. The Labute approximate surface area is 622 Å². The third-order valence-corrected chi connectivity index (χ3v) is 20.0. The Kier molecular flexibility index (Phi) is 34.9. The largest absolute Gasteiger partial charge is 0.496 e. The molecule has 586 valence electrons. The van der Waals surface area contributed by atoms with Crippen LogP contribution in [0.25, 0.3) is 0 Å². The number of benzene rings is 2. The summed E-state index contributed by atoms with van der Waals surface area (Å²) in [5.74, 6) is -10.5. The summed E-state index contributed by atoms with van der Waals surface area (Å²) in [6, 6.07) is 0.170. The molecule has 0 saturated carbocycles. The minimum absolute atomic E-state index is 0.00871. The topological polar surface area (TPSA) is 337 Å². The molecule has 28 heteroatoms. The zero-order valence-corrected chi connectivity index (χ0v) is 66.2. The van der Waals surface area contributed by atoms with Gasteiger partial charge in [-0.15, -0.1) is 0 Å². The predicted molar refractivity (Wildman–Crippen MR) is 399 cm³/mol. The first kappa shape index (κ1) is 88.7. The van der Waals surface area contributed by atoms with E-state index in [9.17, 15) is 38.7 Å². The van der Waals surface area contributed by atoms with Gasteiger partial charge in [0.15, 0.2) is 0 Å². The summed E-state index contributed by atoms with van der Waals surface area (Å²) in [4.78, 5) is 203. The average Bonchev–Trinajstić information content (AvgIpc) is 0.810. The van der Waals surface area contributed by atoms with E-state index in [0.717, 1.165) is 21.1 Å². The fourth-order valence-electron chi connectivity index (χ4n) is 13.5. The van der Waals surface area contributed by atoms with Crippen molar-refractivity contribution in [2.24, 2.45) is 29.6 Å². The molecular formula is C77H123N13O15. The van der Waals surface area contributed by atoms with Crippen LogP contribution in [0.4, 0.5) is 0 Å². The van der Waals surface area contributed by atoms with E-state index in [2.05, 4.69) is 26.6 Å². The summed E-state index contributed by atoms with van der Waals surface area (Å²) in [7, 11) is 12.6. The number of carbonyl (C=O) groups is 13. The number of likely N-dealkylation sites (N-methyl/N-ethyl adjacent to an activating group) is 7. The van der Waals surface area contributed by atoms with Crippen LogP contribution in [0.5, 0.6) is 5.75 Å². The Bertz CT molecular complexity index is 3320. The number of methoxy groups -OCH3 is 1. The number of hydrogen-bond acceptors (Lipinski definition) is 15. The van der Waals surface area contributed by atoms with Crippen molar-refractivity contribution < 1.29 is 72.2 Å². The zero-order valence-electron chi connectivity index (χ0n) is 66.2. The van der Waals surface area contributed by atoms with E-state index >= 15 is 28.8 Å². The molecule has 0 spiro atoms. The monoisotopic (exact) mass is 1470 g/mol. The molecule has 2 aromatic rings. The maximum atomic E-state index is 15.6. The molecule has 13 amide bonds. The van der Waals surface area contributed by atoms with Gasteiger partial charge in [-0.05, 0) is 124 Å². The van der Waals surface area contributed by atoms with Gasteiger partial charge in [0.25, 0.3) is 5.91 Å². The van der Waals surface area contributed by atoms with Crippen molar-refractivity contribution in [1.82, 2.24) is 65.8 Å². The highest BCUT2D eigenvalue weighted by Gasteiger charge is 2.44. The smallest absolute Gasteiger partial charge is 0.254 e. The second-order valence-electron chi connectivity index (χ2n) is 30.5. The van der Waals surface area contributed by atoms with Crippen LogP contribution in [-0.2, 0) is 70.4 Å². The number of amides is 13. The maximum absolute atomic E-state index is 15.6. The SMILES string of the molecule is CC[C@H]1C(=O)N[C@H](CCc2ccc(C(=O)NC)c(OC)c2)C(=O)N(C)[C@@H](CC(C)C)C(=O)N(C)[C@@H](CC(C)C)C(=O)N[C@@H](C(C)C)C(=O)N(C)[C@@H](Cc2ccccc2)C(=O)N(C)[C@@H](CC(C)C)C(=O)N[C@@H]([C@@H](C)O)C(=O)N(C)CC(=O)N(C)[C@@H](CC(C)C)C(=O)N[C@H](C(=O)N2CCCCC2)CC(=O)N1C. The summed E-state index contributed by atoms with van der Waals surface area (Å²) < 4.78 is 5.60. The van der Waals surface area contributed by atoms with Crippen LogP contribution in [0.3, 0.4) is 0 Å². The van der Waals surface area contributed by atoms with Crippen LogP contribution in [0.2, 0.25) is 0 Å². The van der Waals surface area contributed by atoms with Crippen molar-refractivity contribution in [3.05, 3.63) is 65.2 Å². The number of aliphatic hydroxyl groups excluding tert-OH is 1. The van der Waals surface area contributed by atoms with Gasteiger partial charge in [0.1, 0.15) is 66.2 Å². The lowest BCUT2D eigenvalue weighted by atomic mass is 9.95. The van der Waals surface area contributed by atoms with E-state index < -0.39 is 162 Å². The minimum Gasteiger partial charge on any atom is -0.496 e. The molecule has 2 aromatic carbocycles. The Morgan fingerprint density at radius 3 is 1.49 bits per heavy atom. The molecule has 105 heavy (non-hydrogen) atoms. The third kappa shape index (κ3) is 24.7. The van der Waals surface area contributed by atoms with Crippen LogP contribution in [0.15, 0.2) is 48.5 Å². The van der Waals surface area contributed by atoms with Gasteiger partial charge in [-0.2, -0.15) is 0 Å². The van der Waals surface area contributed by atoms with Gasteiger partial charge in [-0.25, -0.2) is 0 Å². The summed E-state index contributed by atoms with van der Waals surface area (Å²) in [5.41, 5.74) is 1.50. The van der Waals surface area contributed by atoms with Gasteiger partial charge in [0, 0.05) is 75.9 Å². The van der Waals surface area contributed by atoms with Crippen molar-refractivity contribution in [3.8, 4) is 5.75 Å².